The molecule has 0 unspecified atom stereocenters. The highest BCUT2D eigenvalue weighted by molar-refractivity contribution is 7.17. The van der Waals surface area contributed by atoms with E-state index in [1.165, 1.54) is 23.5 Å². The first kappa shape index (κ1) is 16.9. The summed E-state index contributed by atoms with van der Waals surface area (Å²) in [6.07, 6.45) is 0. The largest absolute Gasteiger partial charge is 0.279 e. The third kappa shape index (κ3) is 3.92. The second-order valence-electron chi connectivity index (χ2n) is 5.39. The van der Waals surface area contributed by atoms with E-state index in [1.54, 1.807) is 36.4 Å². The van der Waals surface area contributed by atoms with Crippen LogP contribution in [-0.2, 0) is 0 Å². The maximum absolute atomic E-state index is 13.0. The van der Waals surface area contributed by atoms with Gasteiger partial charge in [0.15, 0.2) is 0 Å². The van der Waals surface area contributed by atoms with Gasteiger partial charge in [0.05, 0.1) is 4.88 Å². The maximum atomic E-state index is 13.0. The van der Waals surface area contributed by atoms with Crippen LogP contribution >= 0.6 is 11.3 Å². The molecular formula is C19H15FN2O2S. The summed E-state index contributed by atoms with van der Waals surface area (Å²) in [6.45, 7) is 1.82. The molecule has 126 valence electrons. The summed E-state index contributed by atoms with van der Waals surface area (Å²) in [5.74, 6) is -1.08. The monoisotopic (exact) mass is 354 g/mol. The Balaban J connectivity index is 1.65. The van der Waals surface area contributed by atoms with Crippen molar-refractivity contribution in [2.24, 2.45) is 0 Å². The smallest absolute Gasteiger partial charge is 0.267 e. The molecule has 0 radical (unpaired) electrons. The van der Waals surface area contributed by atoms with Crippen molar-refractivity contribution >= 4 is 23.2 Å². The normalized spacial score (nSPS) is 10.3. The third-order valence-corrected chi connectivity index (χ3v) is 4.77. The molecule has 0 saturated heterocycles. The number of amides is 2. The molecule has 2 N–H and O–H groups in total. The lowest BCUT2D eigenvalue weighted by Crippen LogP contribution is -2.41. The first-order valence-corrected chi connectivity index (χ1v) is 8.38. The highest BCUT2D eigenvalue weighted by Crippen LogP contribution is 2.28. The van der Waals surface area contributed by atoms with Gasteiger partial charge in [0.25, 0.3) is 11.8 Å². The van der Waals surface area contributed by atoms with Gasteiger partial charge in [0.1, 0.15) is 5.82 Å². The van der Waals surface area contributed by atoms with Gasteiger partial charge in [-0.2, -0.15) is 0 Å². The van der Waals surface area contributed by atoms with E-state index in [9.17, 15) is 14.0 Å². The van der Waals surface area contributed by atoms with Crippen molar-refractivity contribution in [3.8, 4) is 10.4 Å². The number of carbonyl (C=O) groups excluding carboxylic acids is 2. The van der Waals surface area contributed by atoms with Gasteiger partial charge in [-0.3, -0.25) is 20.4 Å². The molecule has 0 aliphatic rings. The lowest BCUT2D eigenvalue weighted by molar-refractivity contribution is 0.0848. The molecular weight excluding hydrogens is 339 g/mol. The summed E-state index contributed by atoms with van der Waals surface area (Å²) in [7, 11) is 0. The summed E-state index contributed by atoms with van der Waals surface area (Å²) in [5.41, 5.74) is 6.98. The minimum atomic E-state index is -0.403. The van der Waals surface area contributed by atoms with Gasteiger partial charge in [-0.15, -0.1) is 11.3 Å². The zero-order valence-corrected chi connectivity index (χ0v) is 14.2. The van der Waals surface area contributed by atoms with Crippen LogP contribution in [0.25, 0.3) is 10.4 Å². The minimum Gasteiger partial charge on any atom is -0.267 e. The van der Waals surface area contributed by atoms with Crippen molar-refractivity contribution in [1.29, 1.82) is 0 Å². The third-order valence-electron chi connectivity index (χ3n) is 3.64. The van der Waals surface area contributed by atoms with E-state index in [1.807, 2.05) is 19.1 Å². The van der Waals surface area contributed by atoms with E-state index >= 15 is 0 Å². The van der Waals surface area contributed by atoms with Gasteiger partial charge in [0.2, 0.25) is 0 Å². The highest BCUT2D eigenvalue weighted by atomic mass is 32.1. The van der Waals surface area contributed by atoms with Crippen LogP contribution in [0.2, 0.25) is 0 Å². The quantitative estimate of drug-likeness (QED) is 0.700. The predicted molar refractivity (Wildman–Crippen MR) is 95.8 cm³/mol. The van der Waals surface area contributed by atoms with Crippen LogP contribution in [0.4, 0.5) is 4.39 Å². The van der Waals surface area contributed by atoms with E-state index in [0.29, 0.717) is 10.4 Å². The Kier molecular flexibility index (Phi) is 4.90. The van der Waals surface area contributed by atoms with Crippen molar-refractivity contribution < 1.29 is 14.0 Å². The Morgan fingerprint density at radius 2 is 1.56 bits per heavy atom. The predicted octanol–water partition coefficient (Wildman–Crippen LogP) is 3.94. The fourth-order valence-corrected chi connectivity index (χ4v) is 3.21. The Hall–Kier alpha value is -2.99. The number of rotatable bonds is 3. The Bertz CT molecular complexity index is 919. The fourth-order valence-electron chi connectivity index (χ4n) is 2.30. The molecule has 0 atom stereocenters. The molecule has 0 fully saturated rings. The molecule has 2 aromatic carbocycles. The number of nitrogens with one attached hydrogen (secondary N) is 2. The van der Waals surface area contributed by atoms with E-state index in [2.05, 4.69) is 10.9 Å². The molecule has 2 amide bonds. The molecule has 0 saturated carbocycles. The van der Waals surface area contributed by atoms with Gasteiger partial charge in [-0.1, -0.05) is 30.3 Å². The number of carbonyl (C=O) groups is 2. The summed E-state index contributed by atoms with van der Waals surface area (Å²) < 4.78 is 13.0. The Labute approximate surface area is 148 Å². The molecule has 0 aliphatic heterocycles. The number of halogens is 1. The molecule has 6 heteroatoms. The minimum absolute atomic E-state index is 0.308. The van der Waals surface area contributed by atoms with Crippen molar-refractivity contribution in [2.45, 2.75) is 6.92 Å². The highest BCUT2D eigenvalue weighted by Gasteiger charge is 2.13. The van der Waals surface area contributed by atoms with Crippen molar-refractivity contribution in [3.63, 3.8) is 0 Å². The van der Waals surface area contributed by atoms with Crippen LogP contribution in [0.3, 0.4) is 0 Å². The number of benzene rings is 2. The topological polar surface area (TPSA) is 58.2 Å². The fraction of sp³-hybridized carbons (Fsp3) is 0.0526. The van der Waals surface area contributed by atoms with Gasteiger partial charge < -0.3 is 0 Å². The average molecular weight is 354 g/mol. The van der Waals surface area contributed by atoms with Crippen LogP contribution in [0.15, 0.2) is 60.7 Å². The molecule has 3 rings (SSSR count). The molecule has 1 heterocycles. The number of hydrogen-bond acceptors (Lipinski definition) is 3. The molecule has 1 aromatic heterocycles. The second-order valence-corrected chi connectivity index (χ2v) is 6.48. The summed E-state index contributed by atoms with van der Waals surface area (Å²) >= 11 is 1.26. The first-order valence-electron chi connectivity index (χ1n) is 7.56. The van der Waals surface area contributed by atoms with Gasteiger partial charge >= 0.3 is 0 Å². The SMILES string of the molecule is Cc1ccccc1C(=O)NNC(=O)c1ccc(-c2ccc(F)cc2)s1. The van der Waals surface area contributed by atoms with Gasteiger partial charge in [-0.05, 0) is 48.4 Å². The summed E-state index contributed by atoms with van der Waals surface area (Å²) in [4.78, 5) is 25.6. The van der Waals surface area contributed by atoms with Crippen LogP contribution in [-0.4, -0.2) is 11.8 Å². The molecule has 4 nitrogen and oxygen atoms in total. The first-order chi connectivity index (χ1) is 12.0. The summed E-state index contributed by atoms with van der Waals surface area (Å²) in [5, 5.41) is 0. The Morgan fingerprint density at radius 3 is 2.28 bits per heavy atom. The number of thiophene rings is 1. The molecule has 0 aliphatic carbocycles. The zero-order chi connectivity index (χ0) is 17.8. The molecule has 0 bridgehead atoms. The lowest BCUT2D eigenvalue weighted by atomic mass is 10.1. The van der Waals surface area contributed by atoms with E-state index in [4.69, 9.17) is 0 Å². The lowest BCUT2D eigenvalue weighted by Gasteiger charge is -2.08. The van der Waals surface area contributed by atoms with Crippen LogP contribution in [0.5, 0.6) is 0 Å². The van der Waals surface area contributed by atoms with Gasteiger partial charge in [-0.25, -0.2) is 4.39 Å². The molecule has 25 heavy (non-hydrogen) atoms. The number of hydrogen-bond donors (Lipinski definition) is 2. The standard InChI is InChI=1S/C19H15FN2O2S/c1-12-4-2-3-5-15(12)18(23)21-22-19(24)17-11-10-16(25-17)13-6-8-14(20)9-7-13/h2-11H,1H3,(H,21,23)(H,22,24). The Morgan fingerprint density at radius 1 is 0.880 bits per heavy atom. The summed E-state index contributed by atoms with van der Waals surface area (Å²) in [6, 6.07) is 16.6. The van der Waals surface area contributed by atoms with E-state index in [0.717, 1.165) is 16.0 Å². The van der Waals surface area contributed by atoms with E-state index < -0.39 is 5.91 Å². The van der Waals surface area contributed by atoms with Crippen LogP contribution in [0.1, 0.15) is 25.6 Å². The zero-order valence-electron chi connectivity index (χ0n) is 13.4. The maximum Gasteiger partial charge on any atom is 0.279 e. The molecule has 3 aromatic rings. The molecule has 0 spiro atoms. The average Bonchev–Trinajstić information content (AvgIpc) is 3.10. The van der Waals surface area contributed by atoms with Crippen molar-refractivity contribution in [2.75, 3.05) is 0 Å². The number of aryl methyl sites for hydroxylation is 1. The van der Waals surface area contributed by atoms with Crippen molar-refractivity contribution in [3.05, 3.63) is 82.5 Å². The van der Waals surface area contributed by atoms with E-state index in [-0.39, 0.29) is 11.7 Å². The van der Waals surface area contributed by atoms with Gasteiger partial charge in [0, 0.05) is 10.4 Å². The van der Waals surface area contributed by atoms with Crippen LogP contribution in [0, 0.1) is 12.7 Å². The number of hydrazine groups is 1. The van der Waals surface area contributed by atoms with Crippen LogP contribution < -0.4 is 10.9 Å². The van der Waals surface area contributed by atoms with Crippen molar-refractivity contribution in [1.82, 2.24) is 10.9 Å². The second kappa shape index (κ2) is 7.27.